The Bertz CT molecular complexity index is 711. The number of ether oxygens (including phenoxy) is 1. The molecule has 0 spiro atoms. The maximum atomic E-state index is 12.1. The van der Waals surface area contributed by atoms with Crippen LogP contribution in [0.1, 0.15) is 41.6 Å². The van der Waals surface area contributed by atoms with Gasteiger partial charge in [-0.1, -0.05) is 17.7 Å². The Balaban J connectivity index is 1.95. The van der Waals surface area contributed by atoms with E-state index in [2.05, 4.69) is 43.0 Å². The van der Waals surface area contributed by atoms with Crippen molar-refractivity contribution in [2.45, 2.75) is 27.2 Å². The Hall–Kier alpha value is -2.14. The molecule has 1 N–H and O–H groups in total. The average Bonchev–Trinajstić information content (AvgIpc) is 2.98. The van der Waals surface area contributed by atoms with Gasteiger partial charge in [-0.25, -0.2) is 4.79 Å². The summed E-state index contributed by atoms with van der Waals surface area (Å²) in [5, 5.41) is 2.91. The Morgan fingerprint density at radius 3 is 2.30 bits per heavy atom. The molecule has 23 heavy (non-hydrogen) atoms. The van der Waals surface area contributed by atoms with Crippen molar-refractivity contribution >= 4 is 23.2 Å². The van der Waals surface area contributed by atoms with Gasteiger partial charge in [-0.2, -0.15) is 0 Å². The Morgan fingerprint density at radius 1 is 1.09 bits per heavy atom. The molecule has 1 aromatic heterocycles. The zero-order chi connectivity index (χ0) is 17.0. The summed E-state index contributed by atoms with van der Waals surface area (Å²) < 4.78 is 4.64. The summed E-state index contributed by atoms with van der Waals surface area (Å²) >= 11 is 1.14. The lowest BCUT2D eigenvalue weighted by atomic mass is 9.97. The van der Waals surface area contributed by atoms with Crippen LogP contribution in [0, 0.1) is 20.8 Å². The van der Waals surface area contributed by atoms with Crippen LogP contribution in [0.4, 0.5) is 0 Å². The summed E-state index contributed by atoms with van der Waals surface area (Å²) in [6.07, 6.45) is 0.791. The normalized spacial score (nSPS) is 10.4. The first-order chi connectivity index (χ1) is 10.9. The molecule has 5 heteroatoms. The number of carbonyl (C=O) groups excluding carboxylic acids is 2. The number of rotatable bonds is 5. The first kappa shape index (κ1) is 17.2. The molecule has 0 fully saturated rings. The van der Waals surface area contributed by atoms with E-state index in [9.17, 15) is 9.59 Å². The summed E-state index contributed by atoms with van der Waals surface area (Å²) in [5.41, 5.74) is 5.03. The fraction of sp³-hybridized carbons (Fsp3) is 0.333. The van der Waals surface area contributed by atoms with Crippen LogP contribution in [0.25, 0.3) is 0 Å². The molecule has 0 aliphatic rings. The molecule has 0 saturated heterocycles. The smallest absolute Gasteiger partial charge is 0.348 e. The third kappa shape index (κ3) is 4.20. The summed E-state index contributed by atoms with van der Waals surface area (Å²) in [4.78, 5) is 24.5. The first-order valence-corrected chi connectivity index (χ1v) is 8.27. The van der Waals surface area contributed by atoms with Crippen LogP contribution in [0.15, 0.2) is 24.3 Å². The van der Waals surface area contributed by atoms with Crippen LogP contribution in [-0.2, 0) is 11.2 Å². The second-order valence-corrected chi connectivity index (χ2v) is 6.62. The number of nitrogens with one attached hydrogen (secondary N) is 1. The van der Waals surface area contributed by atoms with E-state index in [1.54, 1.807) is 12.1 Å². The van der Waals surface area contributed by atoms with Gasteiger partial charge in [0.05, 0.1) is 12.0 Å². The molecule has 0 saturated carbocycles. The summed E-state index contributed by atoms with van der Waals surface area (Å²) in [7, 11) is 1.33. The molecule has 4 nitrogen and oxygen atoms in total. The summed E-state index contributed by atoms with van der Waals surface area (Å²) in [5.74, 6) is -0.576. The van der Waals surface area contributed by atoms with Crippen LogP contribution < -0.4 is 5.32 Å². The minimum absolute atomic E-state index is 0.160. The number of aryl methyl sites for hydroxylation is 3. The second-order valence-electron chi connectivity index (χ2n) is 5.54. The van der Waals surface area contributed by atoms with Gasteiger partial charge in [-0.05, 0) is 56.0 Å². The van der Waals surface area contributed by atoms with Crippen LogP contribution in [-0.4, -0.2) is 25.5 Å². The van der Waals surface area contributed by atoms with Crippen LogP contribution in [0.2, 0.25) is 0 Å². The number of hydrogen-bond donors (Lipinski definition) is 1. The van der Waals surface area contributed by atoms with E-state index < -0.39 is 5.97 Å². The minimum atomic E-state index is -0.417. The van der Waals surface area contributed by atoms with E-state index in [-0.39, 0.29) is 5.91 Å². The van der Waals surface area contributed by atoms with Gasteiger partial charge >= 0.3 is 5.97 Å². The molecule has 122 valence electrons. The maximum absolute atomic E-state index is 12.1. The Labute approximate surface area is 140 Å². The van der Waals surface area contributed by atoms with Crippen molar-refractivity contribution in [1.82, 2.24) is 5.32 Å². The lowest BCUT2D eigenvalue weighted by molar-refractivity contribution is 0.0606. The van der Waals surface area contributed by atoms with Crippen molar-refractivity contribution in [3.05, 3.63) is 56.3 Å². The predicted molar refractivity (Wildman–Crippen MR) is 92.3 cm³/mol. The van der Waals surface area contributed by atoms with E-state index in [4.69, 9.17) is 0 Å². The third-order valence-electron chi connectivity index (χ3n) is 3.72. The molecule has 1 heterocycles. The van der Waals surface area contributed by atoms with Gasteiger partial charge in [0, 0.05) is 6.54 Å². The Morgan fingerprint density at radius 2 is 1.70 bits per heavy atom. The molecular formula is C18H21NO3S. The lowest BCUT2D eigenvalue weighted by Gasteiger charge is -2.11. The van der Waals surface area contributed by atoms with Crippen molar-refractivity contribution < 1.29 is 14.3 Å². The zero-order valence-electron chi connectivity index (χ0n) is 13.9. The first-order valence-electron chi connectivity index (χ1n) is 7.45. The number of thiophene rings is 1. The molecule has 2 aromatic rings. The SMILES string of the molecule is COC(=O)c1ccc(C(=O)NCCc2c(C)cc(C)cc2C)s1. The third-order valence-corrected chi connectivity index (χ3v) is 4.78. The van der Waals surface area contributed by atoms with Gasteiger partial charge in [0.2, 0.25) is 0 Å². The summed E-state index contributed by atoms with van der Waals surface area (Å²) in [6, 6.07) is 7.58. The molecule has 2 rings (SSSR count). The highest BCUT2D eigenvalue weighted by atomic mass is 32.1. The van der Waals surface area contributed by atoms with E-state index >= 15 is 0 Å². The fourth-order valence-electron chi connectivity index (χ4n) is 2.66. The second kappa shape index (κ2) is 7.42. The van der Waals surface area contributed by atoms with Crippen molar-refractivity contribution in [3.8, 4) is 0 Å². The zero-order valence-corrected chi connectivity index (χ0v) is 14.7. The molecule has 0 atom stereocenters. The molecule has 0 aliphatic heterocycles. The van der Waals surface area contributed by atoms with Crippen molar-refractivity contribution in [2.24, 2.45) is 0 Å². The van der Waals surface area contributed by atoms with Gasteiger partial charge in [0.25, 0.3) is 5.91 Å². The quantitative estimate of drug-likeness (QED) is 0.854. The van der Waals surface area contributed by atoms with Crippen LogP contribution in [0.5, 0.6) is 0 Å². The minimum Gasteiger partial charge on any atom is -0.465 e. The summed E-state index contributed by atoms with van der Waals surface area (Å²) in [6.45, 7) is 6.84. The molecule has 0 aliphatic carbocycles. The Kier molecular flexibility index (Phi) is 5.55. The van der Waals surface area contributed by atoms with Gasteiger partial charge in [-0.15, -0.1) is 11.3 Å². The van der Waals surface area contributed by atoms with E-state index in [1.807, 2.05) is 0 Å². The highest BCUT2D eigenvalue weighted by Gasteiger charge is 2.14. The monoisotopic (exact) mass is 331 g/mol. The lowest BCUT2D eigenvalue weighted by Crippen LogP contribution is -2.25. The molecule has 0 radical (unpaired) electrons. The van der Waals surface area contributed by atoms with Gasteiger partial charge < -0.3 is 10.1 Å². The topological polar surface area (TPSA) is 55.4 Å². The van der Waals surface area contributed by atoms with Crippen molar-refractivity contribution in [3.63, 3.8) is 0 Å². The molecular weight excluding hydrogens is 310 g/mol. The van der Waals surface area contributed by atoms with E-state index in [0.29, 0.717) is 16.3 Å². The van der Waals surface area contributed by atoms with Gasteiger partial charge in [0.15, 0.2) is 0 Å². The average molecular weight is 331 g/mol. The molecule has 0 unspecified atom stereocenters. The maximum Gasteiger partial charge on any atom is 0.348 e. The number of esters is 1. The van der Waals surface area contributed by atoms with Gasteiger partial charge in [-0.3, -0.25) is 4.79 Å². The number of carbonyl (C=O) groups is 2. The highest BCUT2D eigenvalue weighted by Crippen LogP contribution is 2.18. The molecule has 0 bridgehead atoms. The van der Waals surface area contributed by atoms with Crippen LogP contribution >= 0.6 is 11.3 Å². The standard InChI is InChI=1S/C18H21NO3S/c1-11-9-12(2)14(13(3)10-11)7-8-19-17(20)15-5-6-16(23-15)18(21)22-4/h5-6,9-10H,7-8H2,1-4H3,(H,19,20). The highest BCUT2D eigenvalue weighted by molar-refractivity contribution is 7.15. The van der Waals surface area contributed by atoms with E-state index in [0.717, 1.165) is 17.8 Å². The van der Waals surface area contributed by atoms with E-state index in [1.165, 1.54) is 29.4 Å². The number of methoxy groups -OCH3 is 1. The largest absolute Gasteiger partial charge is 0.465 e. The number of benzene rings is 1. The predicted octanol–water partition coefficient (Wildman–Crippen LogP) is 3.43. The van der Waals surface area contributed by atoms with Crippen molar-refractivity contribution in [1.29, 1.82) is 0 Å². The van der Waals surface area contributed by atoms with Crippen LogP contribution in [0.3, 0.4) is 0 Å². The number of amides is 1. The molecule has 1 amide bonds. The number of hydrogen-bond acceptors (Lipinski definition) is 4. The molecule has 1 aromatic carbocycles. The van der Waals surface area contributed by atoms with Gasteiger partial charge in [0.1, 0.15) is 4.88 Å². The van der Waals surface area contributed by atoms with Crippen molar-refractivity contribution in [2.75, 3.05) is 13.7 Å². The fourth-order valence-corrected chi connectivity index (χ4v) is 3.50.